The van der Waals surface area contributed by atoms with Gasteiger partial charge in [-0.25, -0.2) is 0 Å². The van der Waals surface area contributed by atoms with Crippen LogP contribution in [-0.2, 0) is 4.79 Å². The number of hydrogen-bond acceptors (Lipinski definition) is 3. The molecule has 3 rings (SSSR count). The van der Waals surface area contributed by atoms with Crippen molar-refractivity contribution in [3.8, 4) is 0 Å². The highest BCUT2D eigenvalue weighted by Crippen LogP contribution is 2.43. The third-order valence-electron chi connectivity index (χ3n) is 4.23. The number of alkyl halides is 3. The molecular weight excluding hydrogens is 301 g/mol. The van der Waals surface area contributed by atoms with E-state index in [4.69, 9.17) is 0 Å². The van der Waals surface area contributed by atoms with Crippen LogP contribution in [0.3, 0.4) is 0 Å². The Bertz CT molecular complexity index is 549. The van der Waals surface area contributed by atoms with Crippen molar-refractivity contribution < 1.29 is 18.0 Å². The quantitative estimate of drug-likeness (QED) is 0.907. The average Bonchev–Trinajstić information content (AvgIpc) is 3.06. The summed E-state index contributed by atoms with van der Waals surface area (Å²) in [7, 11) is 0. The Morgan fingerprint density at radius 1 is 1.38 bits per heavy atom. The van der Waals surface area contributed by atoms with Gasteiger partial charge < -0.3 is 4.90 Å². The van der Waals surface area contributed by atoms with Crippen molar-refractivity contribution in [3.05, 3.63) is 21.9 Å². The van der Waals surface area contributed by atoms with Gasteiger partial charge >= 0.3 is 6.18 Å². The van der Waals surface area contributed by atoms with Crippen molar-refractivity contribution in [2.75, 3.05) is 6.54 Å². The summed E-state index contributed by atoms with van der Waals surface area (Å²) in [6, 6.07) is 3.68. The van der Waals surface area contributed by atoms with Gasteiger partial charge in [-0.1, -0.05) is 12.8 Å². The third kappa shape index (κ3) is 2.68. The van der Waals surface area contributed by atoms with Crippen molar-refractivity contribution in [3.63, 3.8) is 0 Å². The Morgan fingerprint density at radius 3 is 2.57 bits per heavy atom. The van der Waals surface area contributed by atoms with Crippen LogP contribution in [0.5, 0.6) is 0 Å². The second-order valence-electron chi connectivity index (χ2n) is 5.83. The molecule has 0 bridgehead atoms. The van der Waals surface area contributed by atoms with E-state index in [9.17, 15) is 18.0 Å². The number of nitrogens with one attached hydrogen (secondary N) is 1. The predicted molar refractivity (Wildman–Crippen MR) is 73.9 cm³/mol. The highest BCUT2D eigenvalue weighted by Gasteiger charge is 2.55. The summed E-state index contributed by atoms with van der Waals surface area (Å²) < 4.78 is 38.5. The molecule has 3 nitrogen and oxygen atoms in total. The Kier molecular flexibility index (Phi) is 3.52. The molecule has 0 aromatic carbocycles. The number of hydrogen-bond donors (Lipinski definition) is 1. The van der Waals surface area contributed by atoms with E-state index >= 15 is 0 Å². The molecule has 1 spiro atoms. The van der Waals surface area contributed by atoms with Crippen LogP contribution in [0, 0.1) is 6.92 Å². The van der Waals surface area contributed by atoms with Crippen molar-refractivity contribution in [2.24, 2.45) is 0 Å². The van der Waals surface area contributed by atoms with E-state index < -0.39 is 30.3 Å². The van der Waals surface area contributed by atoms with E-state index in [1.165, 1.54) is 11.3 Å². The van der Waals surface area contributed by atoms with Gasteiger partial charge in [-0.2, -0.15) is 13.2 Å². The molecule has 1 saturated heterocycles. The smallest absolute Gasteiger partial charge is 0.311 e. The van der Waals surface area contributed by atoms with Crippen molar-refractivity contribution in [1.29, 1.82) is 0 Å². The molecule has 1 amide bonds. The number of thiophene rings is 1. The molecular formula is C14H17F3N2OS. The largest absolute Gasteiger partial charge is 0.406 e. The van der Waals surface area contributed by atoms with Crippen LogP contribution in [-0.4, -0.2) is 29.1 Å². The van der Waals surface area contributed by atoms with Gasteiger partial charge in [0.1, 0.15) is 12.7 Å². The summed E-state index contributed by atoms with van der Waals surface area (Å²) in [6.07, 6.45) is -2.02. The summed E-state index contributed by atoms with van der Waals surface area (Å²) in [5.41, 5.74) is -0.784. The minimum atomic E-state index is -4.38. The van der Waals surface area contributed by atoms with Crippen LogP contribution in [0.25, 0.3) is 0 Å². The van der Waals surface area contributed by atoms with E-state index in [0.717, 1.165) is 27.5 Å². The van der Waals surface area contributed by atoms with Crippen LogP contribution in [0.1, 0.15) is 41.6 Å². The molecule has 21 heavy (non-hydrogen) atoms. The lowest BCUT2D eigenvalue weighted by atomic mass is 9.98. The van der Waals surface area contributed by atoms with Gasteiger partial charge in [0, 0.05) is 9.75 Å². The van der Waals surface area contributed by atoms with Crippen LogP contribution in [0.15, 0.2) is 12.1 Å². The van der Waals surface area contributed by atoms with Gasteiger partial charge in [0.25, 0.3) is 0 Å². The molecule has 1 saturated carbocycles. The molecule has 7 heteroatoms. The first kappa shape index (κ1) is 14.8. The van der Waals surface area contributed by atoms with E-state index in [0.29, 0.717) is 12.8 Å². The fourth-order valence-electron chi connectivity index (χ4n) is 3.31. The van der Waals surface area contributed by atoms with Crippen molar-refractivity contribution in [1.82, 2.24) is 10.2 Å². The van der Waals surface area contributed by atoms with Crippen LogP contribution >= 0.6 is 11.3 Å². The Labute approximate surface area is 125 Å². The molecule has 1 atom stereocenters. The molecule has 1 aromatic rings. The highest BCUT2D eigenvalue weighted by atomic mass is 32.1. The van der Waals surface area contributed by atoms with E-state index in [2.05, 4.69) is 5.32 Å². The van der Waals surface area contributed by atoms with Gasteiger partial charge in [0.05, 0.1) is 5.54 Å². The normalized spacial score (nSPS) is 25.2. The van der Waals surface area contributed by atoms with E-state index in [1.807, 2.05) is 19.1 Å². The lowest BCUT2D eigenvalue weighted by molar-refractivity contribution is -0.162. The number of carbonyl (C=O) groups is 1. The fourth-order valence-corrected chi connectivity index (χ4v) is 4.25. The maximum atomic E-state index is 12.8. The first-order chi connectivity index (χ1) is 9.81. The molecule has 116 valence electrons. The topological polar surface area (TPSA) is 32.3 Å². The number of carbonyl (C=O) groups excluding carboxylic acids is 1. The van der Waals surface area contributed by atoms with Gasteiger partial charge in [0.15, 0.2) is 0 Å². The summed E-state index contributed by atoms with van der Waals surface area (Å²) in [5.74, 6) is -0.395. The zero-order valence-electron chi connectivity index (χ0n) is 11.7. The molecule has 0 radical (unpaired) electrons. The maximum absolute atomic E-state index is 12.8. The molecule has 1 N–H and O–H groups in total. The zero-order valence-corrected chi connectivity index (χ0v) is 12.5. The number of aryl methyl sites for hydroxylation is 1. The van der Waals surface area contributed by atoms with Crippen LogP contribution in [0.2, 0.25) is 0 Å². The summed E-state index contributed by atoms with van der Waals surface area (Å²) in [5, 5.41) is 3.21. The maximum Gasteiger partial charge on any atom is 0.406 e. The monoisotopic (exact) mass is 318 g/mol. The third-order valence-corrected chi connectivity index (χ3v) is 5.29. The second kappa shape index (κ2) is 4.98. The molecule has 2 aliphatic rings. The van der Waals surface area contributed by atoms with Crippen molar-refractivity contribution in [2.45, 2.75) is 50.5 Å². The van der Waals surface area contributed by atoms with Crippen LogP contribution in [0.4, 0.5) is 13.2 Å². The minimum Gasteiger partial charge on any atom is -0.311 e. The standard InChI is InChI=1S/C14H17F3N2OS/c1-9-4-5-10(21-9)11-18-13(6-2-3-7-13)12(20)19(11)8-14(15,16)17/h4-5,11,18H,2-3,6-8H2,1H3. The van der Waals surface area contributed by atoms with Gasteiger partial charge in [-0.3, -0.25) is 10.1 Å². The highest BCUT2D eigenvalue weighted by molar-refractivity contribution is 7.12. The molecule has 1 unspecified atom stereocenters. The predicted octanol–water partition coefficient (Wildman–Crippen LogP) is 3.36. The minimum absolute atomic E-state index is 0.395. The summed E-state index contributed by atoms with van der Waals surface area (Å²) in [6.45, 7) is 0.715. The number of halogens is 3. The van der Waals surface area contributed by atoms with Crippen molar-refractivity contribution >= 4 is 17.2 Å². The van der Waals surface area contributed by atoms with Crippen LogP contribution < -0.4 is 5.32 Å². The Balaban J connectivity index is 1.93. The van der Waals surface area contributed by atoms with Gasteiger partial charge in [0.2, 0.25) is 5.91 Å². The SMILES string of the molecule is Cc1ccc(C2NC3(CCCC3)C(=O)N2CC(F)(F)F)s1. The van der Waals surface area contributed by atoms with E-state index in [1.54, 1.807) is 0 Å². The number of amides is 1. The first-order valence-electron chi connectivity index (χ1n) is 7.03. The molecule has 2 heterocycles. The zero-order chi connectivity index (χ0) is 15.3. The first-order valence-corrected chi connectivity index (χ1v) is 7.84. The lowest BCUT2D eigenvalue weighted by Gasteiger charge is -2.24. The van der Waals surface area contributed by atoms with Gasteiger partial charge in [-0.05, 0) is 31.9 Å². The van der Waals surface area contributed by atoms with Gasteiger partial charge in [-0.15, -0.1) is 11.3 Å². The average molecular weight is 318 g/mol. The molecule has 2 fully saturated rings. The summed E-state index contributed by atoms with van der Waals surface area (Å²) >= 11 is 1.44. The second-order valence-corrected chi connectivity index (χ2v) is 7.15. The molecule has 1 aliphatic heterocycles. The number of rotatable bonds is 2. The fraction of sp³-hybridized carbons (Fsp3) is 0.643. The Hall–Kier alpha value is -1.08. The summed E-state index contributed by atoms with van der Waals surface area (Å²) in [4.78, 5) is 15.3. The lowest BCUT2D eigenvalue weighted by Crippen LogP contribution is -2.45. The number of nitrogens with zero attached hydrogens (tertiary/aromatic N) is 1. The Morgan fingerprint density at radius 2 is 2.05 bits per heavy atom. The van der Waals surface area contributed by atoms with E-state index in [-0.39, 0.29) is 0 Å². The molecule has 1 aromatic heterocycles. The molecule has 1 aliphatic carbocycles.